The Morgan fingerprint density at radius 3 is 2.85 bits per heavy atom. The van der Waals surface area contributed by atoms with E-state index in [1.807, 2.05) is 6.26 Å². The topological polar surface area (TPSA) is 111 Å². The summed E-state index contributed by atoms with van der Waals surface area (Å²) >= 11 is 1.48. The first-order valence-electron chi connectivity index (χ1n) is 8.28. The van der Waals surface area contributed by atoms with Crippen molar-refractivity contribution >= 4 is 34.5 Å². The van der Waals surface area contributed by atoms with Gasteiger partial charge in [-0.15, -0.1) is 0 Å². The Balaban J connectivity index is 1.73. The third kappa shape index (κ3) is 4.07. The lowest BCUT2D eigenvalue weighted by Crippen LogP contribution is -2.28. The van der Waals surface area contributed by atoms with E-state index >= 15 is 0 Å². The fourth-order valence-corrected chi connectivity index (χ4v) is 2.71. The van der Waals surface area contributed by atoms with E-state index in [-0.39, 0.29) is 11.6 Å². The first-order chi connectivity index (χ1) is 12.7. The van der Waals surface area contributed by atoms with E-state index in [9.17, 15) is 4.79 Å². The number of rotatable bonds is 8. The molecule has 0 radical (unpaired) electrons. The number of anilines is 1. The standard InChI is InChI=1S/C16H20N8OS/c1-3-4-19-13-11-9-21-24(14(11)23-16(22-13)26-2)8-7-20-15(25)12-10-17-5-6-18-12/h5-6,9-10H,3-4,7-8H2,1-2H3,(H,20,25)(H,19,22,23). The van der Waals surface area contributed by atoms with Crippen LogP contribution in [-0.2, 0) is 6.54 Å². The summed E-state index contributed by atoms with van der Waals surface area (Å²) in [5, 5.41) is 12.1. The molecule has 2 N–H and O–H groups in total. The van der Waals surface area contributed by atoms with Crippen LogP contribution in [-0.4, -0.2) is 55.0 Å². The Kier molecular flexibility index (Phi) is 5.95. The molecule has 3 heterocycles. The molecular weight excluding hydrogens is 352 g/mol. The number of carbonyl (C=O) groups excluding carboxylic acids is 1. The highest BCUT2D eigenvalue weighted by molar-refractivity contribution is 7.98. The van der Waals surface area contributed by atoms with Gasteiger partial charge in [0, 0.05) is 25.5 Å². The van der Waals surface area contributed by atoms with Crippen LogP contribution in [0.2, 0.25) is 0 Å². The zero-order chi connectivity index (χ0) is 18.4. The van der Waals surface area contributed by atoms with Crippen LogP contribution in [0.1, 0.15) is 23.8 Å². The Morgan fingerprint density at radius 2 is 2.12 bits per heavy atom. The van der Waals surface area contributed by atoms with Crippen molar-refractivity contribution in [1.29, 1.82) is 0 Å². The first kappa shape index (κ1) is 18.1. The van der Waals surface area contributed by atoms with E-state index < -0.39 is 0 Å². The number of carbonyl (C=O) groups is 1. The van der Waals surface area contributed by atoms with Crippen molar-refractivity contribution in [3.8, 4) is 0 Å². The third-order valence-corrected chi connectivity index (χ3v) is 4.15. The lowest BCUT2D eigenvalue weighted by Gasteiger charge is -2.08. The highest BCUT2D eigenvalue weighted by atomic mass is 32.2. The summed E-state index contributed by atoms with van der Waals surface area (Å²) in [7, 11) is 0. The van der Waals surface area contributed by atoms with Gasteiger partial charge in [0.15, 0.2) is 10.8 Å². The Bertz CT molecular complexity index is 883. The quantitative estimate of drug-likeness (QED) is 0.453. The predicted octanol–water partition coefficient (Wildman–Crippen LogP) is 1.59. The molecule has 0 bridgehead atoms. The molecule has 0 saturated carbocycles. The summed E-state index contributed by atoms with van der Waals surface area (Å²) in [5.74, 6) is 0.523. The molecule has 10 heteroatoms. The molecule has 1 amide bonds. The minimum atomic E-state index is -0.265. The largest absolute Gasteiger partial charge is 0.369 e. The predicted molar refractivity (Wildman–Crippen MR) is 100 cm³/mol. The molecule has 0 aromatic carbocycles. The van der Waals surface area contributed by atoms with Crippen molar-refractivity contribution in [2.24, 2.45) is 0 Å². The second-order valence-electron chi connectivity index (χ2n) is 5.44. The summed E-state index contributed by atoms with van der Waals surface area (Å²) in [5.41, 5.74) is 1.03. The maximum Gasteiger partial charge on any atom is 0.271 e. The zero-order valence-electron chi connectivity index (χ0n) is 14.6. The van der Waals surface area contributed by atoms with E-state index in [2.05, 4.69) is 42.6 Å². The van der Waals surface area contributed by atoms with Gasteiger partial charge in [-0.2, -0.15) is 5.10 Å². The summed E-state index contributed by atoms with van der Waals surface area (Å²) in [6.45, 7) is 3.83. The van der Waals surface area contributed by atoms with Crippen LogP contribution < -0.4 is 10.6 Å². The Labute approximate surface area is 155 Å². The average molecular weight is 372 g/mol. The van der Waals surface area contributed by atoms with Gasteiger partial charge < -0.3 is 10.6 Å². The van der Waals surface area contributed by atoms with Gasteiger partial charge >= 0.3 is 0 Å². The second kappa shape index (κ2) is 8.56. The van der Waals surface area contributed by atoms with E-state index in [4.69, 9.17) is 0 Å². The number of hydrogen-bond acceptors (Lipinski definition) is 8. The van der Waals surface area contributed by atoms with Crippen LogP contribution in [0.5, 0.6) is 0 Å². The van der Waals surface area contributed by atoms with Crippen LogP contribution in [0.3, 0.4) is 0 Å². The van der Waals surface area contributed by atoms with Gasteiger partial charge in [-0.1, -0.05) is 18.7 Å². The molecule has 136 valence electrons. The molecule has 0 unspecified atom stereocenters. The SMILES string of the molecule is CCCNc1nc(SC)nc2c1cnn2CCNC(=O)c1cnccn1. The van der Waals surface area contributed by atoms with Crippen molar-refractivity contribution in [2.45, 2.75) is 25.0 Å². The molecule has 3 aromatic rings. The minimum absolute atomic E-state index is 0.265. The molecule has 0 aliphatic rings. The Morgan fingerprint density at radius 1 is 1.23 bits per heavy atom. The lowest BCUT2D eigenvalue weighted by atomic mass is 10.3. The number of aromatic nitrogens is 6. The number of nitrogens with one attached hydrogen (secondary N) is 2. The number of nitrogens with zero attached hydrogens (tertiary/aromatic N) is 6. The highest BCUT2D eigenvalue weighted by Crippen LogP contribution is 2.23. The van der Waals surface area contributed by atoms with Crippen LogP contribution in [0.25, 0.3) is 11.0 Å². The molecule has 0 spiro atoms. The van der Waals surface area contributed by atoms with Gasteiger partial charge in [-0.05, 0) is 12.7 Å². The van der Waals surface area contributed by atoms with Gasteiger partial charge in [0.25, 0.3) is 5.91 Å². The molecular formula is C16H20N8OS. The zero-order valence-corrected chi connectivity index (χ0v) is 15.5. The van der Waals surface area contributed by atoms with Gasteiger partial charge in [0.2, 0.25) is 0 Å². The fourth-order valence-electron chi connectivity index (χ4n) is 2.35. The molecule has 0 aliphatic carbocycles. The van der Waals surface area contributed by atoms with Gasteiger partial charge in [-0.25, -0.2) is 19.6 Å². The summed E-state index contributed by atoms with van der Waals surface area (Å²) in [6, 6.07) is 0. The molecule has 0 saturated heterocycles. The van der Waals surface area contributed by atoms with Crippen molar-refractivity contribution < 1.29 is 4.79 Å². The maximum absolute atomic E-state index is 12.0. The first-order valence-corrected chi connectivity index (χ1v) is 9.51. The van der Waals surface area contributed by atoms with Crippen molar-refractivity contribution in [2.75, 3.05) is 24.7 Å². The summed E-state index contributed by atoms with van der Waals surface area (Å²) in [6.07, 6.45) is 9.14. The van der Waals surface area contributed by atoms with Crippen molar-refractivity contribution in [1.82, 2.24) is 35.0 Å². The molecule has 0 fully saturated rings. The number of amides is 1. The number of hydrogen-bond donors (Lipinski definition) is 2. The highest BCUT2D eigenvalue weighted by Gasteiger charge is 2.13. The smallest absolute Gasteiger partial charge is 0.271 e. The van der Waals surface area contributed by atoms with Crippen molar-refractivity contribution in [3.05, 3.63) is 30.5 Å². The monoisotopic (exact) mass is 372 g/mol. The third-order valence-electron chi connectivity index (χ3n) is 3.61. The van der Waals surface area contributed by atoms with Crippen LogP contribution in [0.4, 0.5) is 5.82 Å². The lowest BCUT2D eigenvalue weighted by molar-refractivity contribution is 0.0946. The van der Waals surface area contributed by atoms with Gasteiger partial charge in [0.1, 0.15) is 11.5 Å². The van der Waals surface area contributed by atoms with E-state index in [1.54, 1.807) is 10.9 Å². The minimum Gasteiger partial charge on any atom is -0.369 e. The number of fused-ring (bicyclic) bond motifs is 1. The molecule has 3 aromatic heterocycles. The molecule has 26 heavy (non-hydrogen) atoms. The Hall–Kier alpha value is -2.75. The molecule has 0 atom stereocenters. The summed E-state index contributed by atoms with van der Waals surface area (Å²) < 4.78 is 1.77. The van der Waals surface area contributed by atoms with Crippen LogP contribution >= 0.6 is 11.8 Å². The van der Waals surface area contributed by atoms with E-state index in [1.165, 1.54) is 30.4 Å². The van der Waals surface area contributed by atoms with Crippen molar-refractivity contribution in [3.63, 3.8) is 0 Å². The van der Waals surface area contributed by atoms with Crippen LogP contribution in [0.15, 0.2) is 29.9 Å². The second-order valence-corrected chi connectivity index (χ2v) is 6.21. The van der Waals surface area contributed by atoms with Gasteiger partial charge in [0.05, 0.1) is 24.3 Å². The summed E-state index contributed by atoms with van der Waals surface area (Å²) in [4.78, 5) is 29.0. The van der Waals surface area contributed by atoms with E-state index in [0.29, 0.717) is 18.2 Å². The average Bonchev–Trinajstić information content (AvgIpc) is 3.09. The van der Waals surface area contributed by atoms with E-state index in [0.717, 1.165) is 29.8 Å². The van der Waals surface area contributed by atoms with Crippen LogP contribution in [0, 0.1) is 0 Å². The van der Waals surface area contributed by atoms with Gasteiger partial charge in [-0.3, -0.25) is 9.78 Å². The number of thioether (sulfide) groups is 1. The molecule has 3 rings (SSSR count). The maximum atomic E-state index is 12.0. The normalized spacial score (nSPS) is 10.8. The fraction of sp³-hybridized carbons (Fsp3) is 0.375. The molecule has 0 aliphatic heterocycles. The molecule has 9 nitrogen and oxygen atoms in total.